The second kappa shape index (κ2) is 7.13. The van der Waals surface area contributed by atoms with Gasteiger partial charge in [0.1, 0.15) is 5.76 Å². The van der Waals surface area contributed by atoms with Crippen molar-refractivity contribution in [3.8, 4) is 11.5 Å². The Morgan fingerprint density at radius 1 is 1.04 bits per heavy atom. The molecule has 122 valence electrons. The third-order valence-corrected chi connectivity index (χ3v) is 3.87. The number of nitrogens with one attached hydrogen (secondary N) is 1. The number of amides is 1. The van der Waals surface area contributed by atoms with E-state index in [2.05, 4.69) is 10.3 Å². The standard InChI is InChI=1S/C20H20N2O2/c1-14-8-10-17(11-9-14)20-22-18(15(2)24-20)12-13-21-19(23)16-6-4-3-5-7-16/h3-11H,12-13H2,1-2H3,(H,21,23). The molecule has 0 atom stereocenters. The van der Waals surface area contributed by atoms with Crippen LogP contribution in [0.5, 0.6) is 0 Å². The monoisotopic (exact) mass is 320 g/mol. The molecule has 2 aromatic carbocycles. The molecule has 0 unspecified atom stereocenters. The van der Waals surface area contributed by atoms with Crippen molar-refractivity contribution in [1.29, 1.82) is 0 Å². The molecule has 0 saturated heterocycles. The SMILES string of the molecule is Cc1ccc(-c2nc(CCNC(=O)c3ccccc3)c(C)o2)cc1. The van der Waals surface area contributed by atoms with Gasteiger partial charge in [0.15, 0.2) is 0 Å². The number of nitrogens with zero attached hydrogens (tertiary/aromatic N) is 1. The molecule has 0 spiro atoms. The summed E-state index contributed by atoms with van der Waals surface area (Å²) >= 11 is 0. The van der Waals surface area contributed by atoms with Gasteiger partial charge in [-0.1, -0.05) is 35.9 Å². The fourth-order valence-electron chi connectivity index (χ4n) is 2.47. The van der Waals surface area contributed by atoms with E-state index in [0.717, 1.165) is 17.0 Å². The smallest absolute Gasteiger partial charge is 0.251 e. The van der Waals surface area contributed by atoms with Crippen molar-refractivity contribution in [2.45, 2.75) is 20.3 Å². The number of aromatic nitrogens is 1. The highest BCUT2D eigenvalue weighted by Crippen LogP contribution is 2.22. The molecule has 24 heavy (non-hydrogen) atoms. The topological polar surface area (TPSA) is 55.1 Å². The summed E-state index contributed by atoms with van der Waals surface area (Å²) in [6, 6.07) is 17.3. The predicted octanol–water partition coefficient (Wildman–Crippen LogP) is 3.93. The molecule has 0 aliphatic carbocycles. The summed E-state index contributed by atoms with van der Waals surface area (Å²) in [5.74, 6) is 1.34. The maximum absolute atomic E-state index is 12.0. The molecule has 0 radical (unpaired) electrons. The summed E-state index contributed by atoms with van der Waals surface area (Å²) in [6.45, 7) is 4.47. The van der Waals surface area contributed by atoms with Gasteiger partial charge >= 0.3 is 0 Å². The fraction of sp³-hybridized carbons (Fsp3) is 0.200. The Hall–Kier alpha value is -2.88. The van der Waals surface area contributed by atoms with E-state index in [1.165, 1.54) is 5.56 Å². The molecule has 1 amide bonds. The van der Waals surface area contributed by atoms with Crippen LogP contribution in [-0.4, -0.2) is 17.4 Å². The summed E-state index contributed by atoms with van der Waals surface area (Å²) < 4.78 is 5.76. The highest BCUT2D eigenvalue weighted by molar-refractivity contribution is 5.94. The lowest BCUT2D eigenvalue weighted by atomic mass is 10.1. The van der Waals surface area contributed by atoms with Crippen LogP contribution in [0.4, 0.5) is 0 Å². The number of carbonyl (C=O) groups is 1. The Bertz CT molecular complexity index is 821. The number of hydrogen-bond acceptors (Lipinski definition) is 3. The van der Waals surface area contributed by atoms with Crippen LogP contribution < -0.4 is 5.32 Å². The Kier molecular flexibility index (Phi) is 4.75. The summed E-state index contributed by atoms with van der Waals surface area (Å²) in [4.78, 5) is 16.6. The summed E-state index contributed by atoms with van der Waals surface area (Å²) in [5, 5.41) is 2.91. The number of oxazole rings is 1. The Morgan fingerprint density at radius 2 is 1.75 bits per heavy atom. The van der Waals surface area contributed by atoms with Crippen LogP contribution >= 0.6 is 0 Å². The summed E-state index contributed by atoms with van der Waals surface area (Å²) in [5.41, 5.74) is 3.70. The minimum atomic E-state index is -0.0736. The first-order valence-corrected chi connectivity index (χ1v) is 8.00. The number of benzene rings is 2. The van der Waals surface area contributed by atoms with Gasteiger partial charge < -0.3 is 9.73 Å². The molecule has 4 nitrogen and oxygen atoms in total. The van der Waals surface area contributed by atoms with E-state index in [-0.39, 0.29) is 5.91 Å². The molecule has 3 aromatic rings. The van der Waals surface area contributed by atoms with E-state index in [1.54, 1.807) is 12.1 Å². The number of hydrogen-bond donors (Lipinski definition) is 1. The van der Waals surface area contributed by atoms with Crippen molar-refractivity contribution in [2.24, 2.45) is 0 Å². The van der Waals surface area contributed by atoms with Gasteiger partial charge in [0, 0.05) is 24.1 Å². The average molecular weight is 320 g/mol. The van der Waals surface area contributed by atoms with Gasteiger partial charge in [0.2, 0.25) is 5.89 Å². The zero-order chi connectivity index (χ0) is 16.9. The quantitative estimate of drug-likeness (QED) is 0.775. The average Bonchev–Trinajstić information content (AvgIpc) is 2.97. The van der Waals surface area contributed by atoms with Crippen LogP contribution in [0.15, 0.2) is 59.0 Å². The minimum Gasteiger partial charge on any atom is -0.441 e. The van der Waals surface area contributed by atoms with Crippen molar-refractivity contribution < 1.29 is 9.21 Å². The van der Waals surface area contributed by atoms with Gasteiger partial charge in [0.05, 0.1) is 5.69 Å². The normalized spacial score (nSPS) is 10.6. The van der Waals surface area contributed by atoms with Gasteiger partial charge in [-0.25, -0.2) is 4.98 Å². The molecule has 1 N–H and O–H groups in total. The van der Waals surface area contributed by atoms with E-state index in [9.17, 15) is 4.79 Å². The van der Waals surface area contributed by atoms with E-state index < -0.39 is 0 Å². The second-order valence-electron chi connectivity index (χ2n) is 5.76. The zero-order valence-electron chi connectivity index (χ0n) is 13.9. The van der Waals surface area contributed by atoms with Crippen molar-refractivity contribution in [2.75, 3.05) is 6.54 Å². The van der Waals surface area contributed by atoms with Crippen molar-refractivity contribution in [1.82, 2.24) is 10.3 Å². The number of aryl methyl sites for hydroxylation is 2. The molecule has 3 rings (SSSR count). The lowest BCUT2D eigenvalue weighted by Gasteiger charge is -2.03. The van der Waals surface area contributed by atoms with E-state index in [0.29, 0.717) is 24.4 Å². The summed E-state index contributed by atoms with van der Waals surface area (Å²) in [7, 11) is 0. The lowest BCUT2D eigenvalue weighted by Crippen LogP contribution is -2.25. The molecular formula is C20H20N2O2. The molecule has 1 aromatic heterocycles. The predicted molar refractivity (Wildman–Crippen MR) is 93.9 cm³/mol. The largest absolute Gasteiger partial charge is 0.441 e. The Balaban J connectivity index is 1.62. The molecule has 0 bridgehead atoms. The van der Waals surface area contributed by atoms with Crippen molar-refractivity contribution in [3.05, 3.63) is 77.2 Å². The van der Waals surface area contributed by atoms with E-state index in [4.69, 9.17) is 4.42 Å². The van der Waals surface area contributed by atoms with E-state index in [1.807, 2.05) is 56.3 Å². The maximum atomic E-state index is 12.0. The van der Waals surface area contributed by atoms with Gasteiger partial charge in [-0.15, -0.1) is 0 Å². The van der Waals surface area contributed by atoms with Crippen LogP contribution in [-0.2, 0) is 6.42 Å². The van der Waals surface area contributed by atoms with Crippen molar-refractivity contribution in [3.63, 3.8) is 0 Å². The third kappa shape index (κ3) is 3.71. The highest BCUT2D eigenvalue weighted by Gasteiger charge is 2.12. The van der Waals surface area contributed by atoms with Crippen LogP contribution in [0.25, 0.3) is 11.5 Å². The summed E-state index contributed by atoms with van der Waals surface area (Å²) in [6.07, 6.45) is 0.639. The van der Waals surface area contributed by atoms with Crippen LogP contribution in [0, 0.1) is 13.8 Å². The third-order valence-electron chi connectivity index (χ3n) is 3.87. The second-order valence-corrected chi connectivity index (χ2v) is 5.76. The Labute approximate surface area is 141 Å². The first kappa shape index (κ1) is 16.0. The van der Waals surface area contributed by atoms with E-state index >= 15 is 0 Å². The van der Waals surface area contributed by atoms with Crippen LogP contribution in [0.2, 0.25) is 0 Å². The molecule has 0 aliphatic rings. The van der Waals surface area contributed by atoms with Gasteiger partial charge in [0.25, 0.3) is 5.91 Å². The molecular weight excluding hydrogens is 300 g/mol. The first-order valence-electron chi connectivity index (χ1n) is 8.00. The molecule has 0 fully saturated rings. The molecule has 1 heterocycles. The van der Waals surface area contributed by atoms with Gasteiger partial charge in [-0.2, -0.15) is 0 Å². The first-order chi connectivity index (χ1) is 11.6. The van der Waals surface area contributed by atoms with Gasteiger partial charge in [-0.05, 0) is 38.1 Å². The minimum absolute atomic E-state index is 0.0736. The zero-order valence-corrected chi connectivity index (χ0v) is 13.9. The fourth-order valence-corrected chi connectivity index (χ4v) is 2.47. The van der Waals surface area contributed by atoms with Crippen LogP contribution in [0.1, 0.15) is 27.4 Å². The van der Waals surface area contributed by atoms with Crippen molar-refractivity contribution >= 4 is 5.91 Å². The molecule has 4 heteroatoms. The number of carbonyl (C=O) groups excluding carboxylic acids is 1. The Morgan fingerprint density at radius 3 is 2.46 bits per heavy atom. The molecule has 0 saturated carbocycles. The highest BCUT2D eigenvalue weighted by atomic mass is 16.4. The maximum Gasteiger partial charge on any atom is 0.251 e. The van der Waals surface area contributed by atoms with Crippen LogP contribution in [0.3, 0.4) is 0 Å². The van der Waals surface area contributed by atoms with Gasteiger partial charge in [-0.3, -0.25) is 4.79 Å². The molecule has 0 aliphatic heterocycles. The number of rotatable bonds is 5. The lowest BCUT2D eigenvalue weighted by molar-refractivity contribution is 0.0954.